The number of rotatable bonds is 6. The van der Waals surface area contributed by atoms with Crippen LogP contribution in [0.25, 0.3) is 0 Å². The van der Waals surface area contributed by atoms with Gasteiger partial charge in [0.2, 0.25) is 0 Å². The average Bonchev–Trinajstić information content (AvgIpc) is 3.12. The van der Waals surface area contributed by atoms with Crippen LogP contribution < -0.4 is 9.64 Å². The number of fused-ring (bicyclic) bond motifs is 1. The molecule has 1 atom stereocenters. The number of anilines is 1. The van der Waals surface area contributed by atoms with Crippen molar-refractivity contribution in [2.45, 2.75) is 26.0 Å². The molecule has 0 aromatic heterocycles. The van der Waals surface area contributed by atoms with Gasteiger partial charge in [-0.3, -0.25) is 4.79 Å². The van der Waals surface area contributed by atoms with Gasteiger partial charge in [-0.25, -0.2) is 4.79 Å². The molecule has 0 bridgehead atoms. The molecular formula is C25H21Cl2NO4. The molecule has 0 N–H and O–H groups in total. The second-order valence-electron chi connectivity index (χ2n) is 7.54. The van der Waals surface area contributed by atoms with Crippen molar-refractivity contribution in [3.8, 4) is 5.75 Å². The Labute approximate surface area is 196 Å². The SMILES string of the molecule is CC1Cc2ccccc2N1C(=O)COC(=O)c1ccccc1OCc1ccc(Cl)cc1Cl. The normalized spacial score (nSPS) is 14.7. The van der Waals surface area contributed by atoms with Gasteiger partial charge in [-0.15, -0.1) is 0 Å². The molecule has 1 heterocycles. The van der Waals surface area contributed by atoms with E-state index < -0.39 is 5.97 Å². The zero-order valence-electron chi connectivity index (χ0n) is 17.4. The molecule has 5 nitrogen and oxygen atoms in total. The largest absolute Gasteiger partial charge is 0.488 e. The molecule has 0 fully saturated rings. The first-order valence-corrected chi connectivity index (χ1v) is 10.9. The van der Waals surface area contributed by atoms with E-state index >= 15 is 0 Å². The van der Waals surface area contributed by atoms with E-state index in [1.807, 2.05) is 31.2 Å². The molecule has 32 heavy (non-hydrogen) atoms. The minimum absolute atomic E-state index is 0.0124. The highest BCUT2D eigenvalue weighted by Crippen LogP contribution is 2.32. The first-order chi connectivity index (χ1) is 15.4. The molecule has 0 spiro atoms. The summed E-state index contributed by atoms with van der Waals surface area (Å²) < 4.78 is 11.2. The number of ether oxygens (including phenoxy) is 2. The van der Waals surface area contributed by atoms with E-state index in [4.69, 9.17) is 32.7 Å². The van der Waals surface area contributed by atoms with E-state index in [0.717, 1.165) is 23.2 Å². The van der Waals surface area contributed by atoms with Gasteiger partial charge in [0.05, 0.1) is 0 Å². The molecule has 1 unspecified atom stereocenters. The number of carbonyl (C=O) groups excluding carboxylic acids is 2. The van der Waals surface area contributed by atoms with E-state index in [0.29, 0.717) is 15.8 Å². The topological polar surface area (TPSA) is 55.8 Å². The van der Waals surface area contributed by atoms with Crippen LogP contribution in [-0.4, -0.2) is 24.5 Å². The Morgan fingerprint density at radius 1 is 1.03 bits per heavy atom. The quantitative estimate of drug-likeness (QED) is 0.434. The van der Waals surface area contributed by atoms with Gasteiger partial charge in [0.25, 0.3) is 5.91 Å². The molecule has 3 aromatic carbocycles. The Balaban J connectivity index is 1.41. The molecule has 0 saturated carbocycles. The van der Waals surface area contributed by atoms with Gasteiger partial charge in [0.15, 0.2) is 6.61 Å². The van der Waals surface area contributed by atoms with Crippen molar-refractivity contribution in [1.29, 1.82) is 0 Å². The summed E-state index contributed by atoms with van der Waals surface area (Å²) in [7, 11) is 0. The zero-order chi connectivity index (χ0) is 22.7. The van der Waals surface area contributed by atoms with Crippen molar-refractivity contribution in [2.75, 3.05) is 11.5 Å². The number of nitrogens with zero attached hydrogens (tertiary/aromatic N) is 1. The molecule has 1 aliphatic heterocycles. The van der Waals surface area contributed by atoms with Crippen LogP contribution in [0.4, 0.5) is 5.69 Å². The third kappa shape index (κ3) is 4.74. The number of hydrogen-bond donors (Lipinski definition) is 0. The maximum absolute atomic E-state index is 12.8. The van der Waals surface area contributed by atoms with Crippen molar-refractivity contribution in [3.63, 3.8) is 0 Å². The lowest BCUT2D eigenvalue weighted by Gasteiger charge is -2.22. The second kappa shape index (κ2) is 9.63. The molecule has 1 aliphatic rings. The maximum Gasteiger partial charge on any atom is 0.342 e. The zero-order valence-corrected chi connectivity index (χ0v) is 18.9. The van der Waals surface area contributed by atoms with Crippen LogP contribution in [0.3, 0.4) is 0 Å². The summed E-state index contributed by atoms with van der Waals surface area (Å²) in [5.41, 5.74) is 2.94. The fraction of sp³-hybridized carbons (Fsp3) is 0.200. The van der Waals surface area contributed by atoms with Crippen molar-refractivity contribution in [1.82, 2.24) is 0 Å². The first-order valence-electron chi connectivity index (χ1n) is 10.2. The predicted octanol–water partition coefficient (Wildman–Crippen LogP) is 5.71. The Bertz CT molecular complexity index is 1160. The van der Waals surface area contributed by atoms with Gasteiger partial charge in [-0.1, -0.05) is 59.6 Å². The third-order valence-corrected chi connectivity index (χ3v) is 5.89. The van der Waals surface area contributed by atoms with Crippen LogP contribution in [0.1, 0.15) is 28.4 Å². The lowest BCUT2D eigenvalue weighted by molar-refractivity contribution is -0.122. The summed E-state index contributed by atoms with van der Waals surface area (Å²) in [5, 5.41) is 1.01. The maximum atomic E-state index is 12.8. The minimum Gasteiger partial charge on any atom is -0.488 e. The highest BCUT2D eigenvalue weighted by molar-refractivity contribution is 6.35. The number of para-hydroxylation sites is 2. The smallest absolute Gasteiger partial charge is 0.342 e. The highest BCUT2D eigenvalue weighted by Gasteiger charge is 2.31. The summed E-state index contributed by atoms with van der Waals surface area (Å²) in [4.78, 5) is 27.2. The Kier molecular flexibility index (Phi) is 6.68. The third-order valence-electron chi connectivity index (χ3n) is 5.31. The summed E-state index contributed by atoms with van der Waals surface area (Å²) >= 11 is 12.1. The lowest BCUT2D eigenvalue weighted by Crippen LogP contribution is -2.38. The fourth-order valence-corrected chi connectivity index (χ4v) is 4.24. The molecule has 1 amide bonds. The number of carbonyl (C=O) groups is 2. The fourth-order valence-electron chi connectivity index (χ4n) is 3.78. The lowest BCUT2D eigenvalue weighted by atomic mass is 10.1. The Morgan fingerprint density at radius 3 is 2.59 bits per heavy atom. The number of hydrogen-bond acceptors (Lipinski definition) is 4. The summed E-state index contributed by atoms with van der Waals surface area (Å²) in [6.07, 6.45) is 0.778. The molecule has 7 heteroatoms. The van der Waals surface area contributed by atoms with Crippen LogP contribution in [0.15, 0.2) is 66.7 Å². The molecular weight excluding hydrogens is 449 g/mol. The molecule has 0 aliphatic carbocycles. The van der Waals surface area contributed by atoms with Gasteiger partial charge < -0.3 is 14.4 Å². The highest BCUT2D eigenvalue weighted by atomic mass is 35.5. The molecule has 164 valence electrons. The predicted molar refractivity (Wildman–Crippen MR) is 125 cm³/mol. The van der Waals surface area contributed by atoms with Gasteiger partial charge in [-0.05, 0) is 49.2 Å². The van der Waals surface area contributed by atoms with Gasteiger partial charge in [0, 0.05) is 27.3 Å². The van der Waals surface area contributed by atoms with Crippen LogP contribution in [0.2, 0.25) is 10.0 Å². The monoisotopic (exact) mass is 469 g/mol. The van der Waals surface area contributed by atoms with E-state index in [-0.39, 0.29) is 30.7 Å². The minimum atomic E-state index is -0.628. The molecule has 4 rings (SSSR count). The van der Waals surface area contributed by atoms with Crippen molar-refractivity contribution in [2.24, 2.45) is 0 Å². The number of halogens is 2. The Hall–Kier alpha value is -3.02. The molecule has 0 radical (unpaired) electrons. The summed E-state index contributed by atoms with van der Waals surface area (Å²) in [5.74, 6) is -0.547. The van der Waals surface area contributed by atoms with Gasteiger partial charge >= 0.3 is 5.97 Å². The first kappa shape index (κ1) is 22.2. The van der Waals surface area contributed by atoms with E-state index in [9.17, 15) is 9.59 Å². The molecule has 0 saturated heterocycles. The van der Waals surface area contributed by atoms with Crippen LogP contribution in [0.5, 0.6) is 5.75 Å². The van der Waals surface area contributed by atoms with E-state index in [2.05, 4.69) is 0 Å². The number of esters is 1. The van der Waals surface area contributed by atoms with Crippen molar-refractivity contribution in [3.05, 3.63) is 93.5 Å². The summed E-state index contributed by atoms with van der Waals surface area (Å²) in [6, 6.07) is 19.6. The van der Waals surface area contributed by atoms with Crippen molar-refractivity contribution >= 4 is 40.8 Å². The number of benzene rings is 3. The van der Waals surface area contributed by atoms with Gasteiger partial charge in [0.1, 0.15) is 17.9 Å². The van der Waals surface area contributed by atoms with E-state index in [1.54, 1.807) is 47.4 Å². The second-order valence-corrected chi connectivity index (χ2v) is 8.39. The van der Waals surface area contributed by atoms with Crippen LogP contribution in [0, 0.1) is 0 Å². The van der Waals surface area contributed by atoms with E-state index in [1.165, 1.54) is 0 Å². The Morgan fingerprint density at radius 2 is 1.78 bits per heavy atom. The van der Waals surface area contributed by atoms with Gasteiger partial charge in [-0.2, -0.15) is 0 Å². The van der Waals surface area contributed by atoms with Crippen molar-refractivity contribution < 1.29 is 19.1 Å². The van der Waals surface area contributed by atoms with Crippen LogP contribution in [-0.2, 0) is 22.6 Å². The molecule has 3 aromatic rings. The summed E-state index contributed by atoms with van der Waals surface area (Å²) in [6.45, 7) is 1.78. The average molecular weight is 470 g/mol. The number of amides is 1. The van der Waals surface area contributed by atoms with Crippen LogP contribution >= 0.6 is 23.2 Å². The standard InChI is InChI=1S/C25H21Cl2NO4/c1-16-12-17-6-2-4-8-22(17)28(16)24(29)15-32-25(30)20-7-3-5-9-23(20)31-14-18-10-11-19(26)13-21(18)27/h2-11,13,16H,12,14-15H2,1H3.